The van der Waals surface area contributed by atoms with Gasteiger partial charge in [-0.2, -0.15) is 13.2 Å². The highest BCUT2D eigenvalue weighted by atomic mass is 19.4. The van der Waals surface area contributed by atoms with Gasteiger partial charge in [0.2, 0.25) is 0 Å². The first-order chi connectivity index (χ1) is 16.5. The van der Waals surface area contributed by atoms with E-state index in [-0.39, 0.29) is 25.1 Å². The zero-order valence-electron chi connectivity index (χ0n) is 20.5. The molecule has 1 unspecified atom stereocenters. The zero-order chi connectivity index (χ0) is 25.2. The third-order valence-corrected chi connectivity index (χ3v) is 6.65. The average molecular weight is 491 g/mol. The molecule has 2 aromatic carbocycles. The molecule has 0 bridgehead atoms. The molecule has 2 aliphatic heterocycles. The van der Waals surface area contributed by atoms with Gasteiger partial charge in [-0.25, -0.2) is 0 Å². The van der Waals surface area contributed by atoms with Crippen molar-refractivity contribution in [3.63, 3.8) is 0 Å². The van der Waals surface area contributed by atoms with Crippen molar-refractivity contribution in [2.45, 2.75) is 57.6 Å². The van der Waals surface area contributed by atoms with Crippen molar-refractivity contribution in [2.24, 2.45) is 0 Å². The molecule has 2 fully saturated rings. The van der Waals surface area contributed by atoms with Crippen molar-refractivity contribution in [2.75, 3.05) is 32.7 Å². The zero-order valence-corrected chi connectivity index (χ0v) is 20.5. The normalized spacial score (nSPS) is 20.9. The Hall–Kier alpha value is -2.58. The summed E-state index contributed by atoms with van der Waals surface area (Å²) in [7, 11) is 0. The lowest BCUT2D eigenvalue weighted by atomic mass is 9.87. The minimum Gasteiger partial charge on any atom is -0.491 e. The summed E-state index contributed by atoms with van der Waals surface area (Å²) in [5.74, 6) is 0.670. The number of ether oxygens (including phenoxy) is 2. The number of amides is 1. The Balaban J connectivity index is 1.46. The Labute approximate surface area is 204 Å². The molecular formula is C27H33F3N2O3. The van der Waals surface area contributed by atoms with E-state index in [2.05, 4.69) is 0 Å². The van der Waals surface area contributed by atoms with E-state index in [0.717, 1.165) is 16.9 Å². The molecule has 1 spiro atoms. The maximum atomic E-state index is 13.3. The number of halogens is 3. The second-order valence-corrected chi connectivity index (χ2v) is 9.92. The summed E-state index contributed by atoms with van der Waals surface area (Å²) in [5, 5.41) is 0. The SMILES string of the molecule is Cc1cc(C(=O)N2CCC3(CC2)CN(CC(F)(F)F)CC(c2ccccc2)O3)ccc1OC(C)C. The summed E-state index contributed by atoms with van der Waals surface area (Å²) >= 11 is 0. The van der Waals surface area contributed by atoms with Crippen LogP contribution in [0.4, 0.5) is 13.2 Å². The molecule has 0 radical (unpaired) electrons. The van der Waals surface area contributed by atoms with Crippen LogP contribution in [-0.4, -0.2) is 66.3 Å². The molecule has 2 aliphatic rings. The van der Waals surface area contributed by atoms with Gasteiger partial charge in [0, 0.05) is 31.7 Å². The molecule has 0 saturated carbocycles. The average Bonchev–Trinajstić information content (AvgIpc) is 2.79. The number of morpholine rings is 1. The van der Waals surface area contributed by atoms with Crippen molar-refractivity contribution in [3.8, 4) is 5.75 Å². The predicted octanol–water partition coefficient (Wildman–Crippen LogP) is 5.39. The van der Waals surface area contributed by atoms with Gasteiger partial charge in [0.15, 0.2) is 0 Å². The van der Waals surface area contributed by atoms with Gasteiger partial charge in [-0.15, -0.1) is 0 Å². The molecule has 5 nitrogen and oxygen atoms in total. The standard InChI is InChI=1S/C27H33F3N2O3/c1-19(2)34-23-10-9-22(15-20(23)3)25(33)32-13-11-26(12-14-32)17-31(18-27(28,29)30)16-24(35-26)21-7-5-4-6-8-21/h4-10,15,19,24H,11-14,16-18H2,1-3H3. The first-order valence-corrected chi connectivity index (χ1v) is 12.1. The molecule has 4 rings (SSSR count). The molecule has 2 aromatic rings. The van der Waals surface area contributed by atoms with E-state index < -0.39 is 24.4 Å². The summed E-state index contributed by atoms with van der Waals surface area (Å²) in [5.41, 5.74) is 1.63. The van der Waals surface area contributed by atoms with Crippen molar-refractivity contribution < 1.29 is 27.4 Å². The van der Waals surface area contributed by atoms with Crippen molar-refractivity contribution in [3.05, 3.63) is 65.2 Å². The van der Waals surface area contributed by atoms with Gasteiger partial charge in [0.05, 0.1) is 24.4 Å². The monoisotopic (exact) mass is 490 g/mol. The fourth-order valence-electron chi connectivity index (χ4n) is 5.04. The molecule has 190 valence electrons. The number of likely N-dealkylation sites (tertiary alicyclic amines) is 1. The van der Waals surface area contributed by atoms with E-state index in [9.17, 15) is 18.0 Å². The van der Waals surface area contributed by atoms with E-state index in [1.807, 2.05) is 63.2 Å². The minimum absolute atomic E-state index is 0.0423. The van der Waals surface area contributed by atoms with Crippen LogP contribution in [-0.2, 0) is 4.74 Å². The van der Waals surface area contributed by atoms with Crippen LogP contribution in [0.5, 0.6) is 5.75 Å². The number of piperidine rings is 1. The fourth-order valence-corrected chi connectivity index (χ4v) is 5.04. The largest absolute Gasteiger partial charge is 0.491 e. The summed E-state index contributed by atoms with van der Waals surface area (Å²) in [4.78, 5) is 16.4. The summed E-state index contributed by atoms with van der Waals surface area (Å²) in [6, 6.07) is 14.8. The van der Waals surface area contributed by atoms with E-state index in [4.69, 9.17) is 9.47 Å². The highest BCUT2D eigenvalue weighted by molar-refractivity contribution is 5.94. The van der Waals surface area contributed by atoms with Crippen molar-refractivity contribution in [1.29, 1.82) is 0 Å². The van der Waals surface area contributed by atoms with E-state index in [1.165, 1.54) is 4.90 Å². The number of nitrogens with zero attached hydrogens (tertiary/aromatic N) is 2. The lowest BCUT2D eigenvalue weighted by Gasteiger charge is -2.50. The van der Waals surface area contributed by atoms with Gasteiger partial charge in [0.25, 0.3) is 5.91 Å². The number of rotatable bonds is 5. The Morgan fingerprint density at radius 2 is 1.83 bits per heavy atom. The molecule has 8 heteroatoms. The Kier molecular flexibility index (Phi) is 7.43. The van der Waals surface area contributed by atoms with Crippen LogP contribution in [0.3, 0.4) is 0 Å². The highest BCUT2D eigenvalue weighted by Crippen LogP contribution is 2.39. The van der Waals surface area contributed by atoms with Crippen molar-refractivity contribution in [1.82, 2.24) is 9.80 Å². The van der Waals surface area contributed by atoms with Gasteiger partial charge >= 0.3 is 6.18 Å². The molecule has 1 amide bonds. The summed E-state index contributed by atoms with van der Waals surface area (Å²) in [6.07, 6.45) is -3.69. The maximum Gasteiger partial charge on any atom is 0.401 e. The summed E-state index contributed by atoms with van der Waals surface area (Å²) < 4.78 is 52.1. The molecule has 2 heterocycles. The quantitative estimate of drug-likeness (QED) is 0.564. The number of hydrogen-bond acceptors (Lipinski definition) is 4. The Morgan fingerprint density at radius 3 is 2.43 bits per heavy atom. The van der Waals surface area contributed by atoms with Crippen LogP contribution in [0.25, 0.3) is 0 Å². The van der Waals surface area contributed by atoms with Gasteiger partial charge < -0.3 is 14.4 Å². The molecule has 1 atom stereocenters. The number of carbonyl (C=O) groups is 1. The first kappa shape index (κ1) is 25.5. The van der Waals surface area contributed by atoms with E-state index in [1.54, 1.807) is 11.0 Å². The Bertz CT molecular complexity index is 1020. The van der Waals surface area contributed by atoms with Crippen LogP contribution < -0.4 is 4.74 Å². The Morgan fingerprint density at radius 1 is 1.14 bits per heavy atom. The van der Waals surface area contributed by atoms with E-state index >= 15 is 0 Å². The number of hydrogen-bond donors (Lipinski definition) is 0. The maximum absolute atomic E-state index is 13.3. The topological polar surface area (TPSA) is 42.0 Å². The fraction of sp³-hybridized carbons (Fsp3) is 0.519. The second-order valence-electron chi connectivity index (χ2n) is 9.92. The van der Waals surface area contributed by atoms with Gasteiger partial charge in [-0.1, -0.05) is 30.3 Å². The molecule has 0 N–H and O–H groups in total. The van der Waals surface area contributed by atoms with Gasteiger partial charge in [-0.05, 0) is 62.9 Å². The lowest BCUT2D eigenvalue weighted by molar-refractivity contribution is -0.205. The third kappa shape index (κ3) is 6.35. The van der Waals surface area contributed by atoms with Gasteiger partial charge in [0.1, 0.15) is 5.75 Å². The molecular weight excluding hydrogens is 457 g/mol. The number of aryl methyl sites for hydroxylation is 1. The number of alkyl halides is 3. The van der Waals surface area contributed by atoms with Crippen LogP contribution in [0.2, 0.25) is 0 Å². The predicted molar refractivity (Wildman–Crippen MR) is 128 cm³/mol. The molecule has 0 aromatic heterocycles. The molecule has 35 heavy (non-hydrogen) atoms. The van der Waals surface area contributed by atoms with Crippen LogP contribution in [0.1, 0.15) is 54.3 Å². The van der Waals surface area contributed by atoms with Crippen LogP contribution in [0.15, 0.2) is 48.5 Å². The molecule has 0 aliphatic carbocycles. The first-order valence-electron chi connectivity index (χ1n) is 12.1. The highest BCUT2D eigenvalue weighted by Gasteiger charge is 2.46. The van der Waals surface area contributed by atoms with Crippen molar-refractivity contribution >= 4 is 5.91 Å². The van der Waals surface area contributed by atoms with E-state index in [0.29, 0.717) is 31.5 Å². The molecule has 2 saturated heterocycles. The smallest absolute Gasteiger partial charge is 0.401 e. The van der Waals surface area contributed by atoms with Crippen LogP contribution >= 0.6 is 0 Å². The number of carbonyl (C=O) groups excluding carboxylic acids is 1. The lowest BCUT2D eigenvalue weighted by Crippen LogP contribution is -2.59. The minimum atomic E-state index is -4.28. The van der Waals surface area contributed by atoms with Gasteiger partial charge in [-0.3, -0.25) is 9.69 Å². The third-order valence-electron chi connectivity index (χ3n) is 6.65. The summed E-state index contributed by atoms with van der Waals surface area (Å²) in [6.45, 7) is 6.12. The second kappa shape index (κ2) is 10.2. The number of benzene rings is 2. The van der Waals surface area contributed by atoms with Crippen LogP contribution in [0, 0.1) is 6.92 Å².